The van der Waals surface area contributed by atoms with E-state index in [0.717, 1.165) is 31.9 Å². The van der Waals surface area contributed by atoms with Gasteiger partial charge >= 0.3 is 0 Å². The van der Waals surface area contributed by atoms with E-state index in [-0.39, 0.29) is 5.96 Å². The molecule has 0 unspecified atom stereocenters. The summed E-state index contributed by atoms with van der Waals surface area (Å²) >= 11 is 0. The number of nitrogens with zero attached hydrogens (tertiary/aromatic N) is 2. The summed E-state index contributed by atoms with van der Waals surface area (Å²) in [4.78, 5) is 4.22. The topological polar surface area (TPSA) is 68.4 Å². The zero-order valence-corrected chi connectivity index (χ0v) is 10.1. The lowest BCUT2D eigenvalue weighted by Gasteiger charge is -2.36. The monoisotopic (exact) mass is 233 g/mol. The van der Waals surface area contributed by atoms with Crippen molar-refractivity contribution in [2.45, 2.75) is 0 Å². The SMILES string of the molecule is CNc1ccc(N2CCN(C(=N)N)CC2)cc1. The van der Waals surface area contributed by atoms with Crippen LogP contribution in [-0.4, -0.2) is 44.1 Å². The van der Waals surface area contributed by atoms with Crippen LogP contribution in [0, 0.1) is 5.41 Å². The average molecular weight is 233 g/mol. The highest BCUT2D eigenvalue weighted by Gasteiger charge is 2.17. The summed E-state index contributed by atoms with van der Waals surface area (Å²) in [6.07, 6.45) is 0. The predicted molar refractivity (Wildman–Crippen MR) is 71.7 cm³/mol. The average Bonchev–Trinajstić information content (AvgIpc) is 2.39. The van der Waals surface area contributed by atoms with Crippen molar-refractivity contribution in [3.05, 3.63) is 24.3 Å². The minimum absolute atomic E-state index is 0.176. The molecule has 0 bridgehead atoms. The molecule has 1 fully saturated rings. The molecular weight excluding hydrogens is 214 g/mol. The fourth-order valence-corrected chi connectivity index (χ4v) is 2.04. The van der Waals surface area contributed by atoms with Crippen LogP contribution in [-0.2, 0) is 0 Å². The Morgan fingerprint density at radius 2 is 1.76 bits per heavy atom. The largest absolute Gasteiger partial charge is 0.388 e. The predicted octanol–water partition coefficient (Wildman–Crippen LogP) is 0.744. The number of anilines is 2. The van der Waals surface area contributed by atoms with Crippen molar-refractivity contribution in [2.75, 3.05) is 43.4 Å². The summed E-state index contributed by atoms with van der Waals surface area (Å²) in [5.41, 5.74) is 7.82. The van der Waals surface area contributed by atoms with Gasteiger partial charge in [-0.25, -0.2) is 0 Å². The minimum atomic E-state index is 0.176. The fraction of sp³-hybridized carbons (Fsp3) is 0.417. The second-order valence-corrected chi connectivity index (χ2v) is 4.16. The van der Waals surface area contributed by atoms with E-state index in [1.54, 1.807) is 0 Å². The normalized spacial score (nSPS) is 15.8. The van der Waals surface area contributed by atoms with Gasteiger partial charge in [-0.2, -0.15) is 0 Å². The molecule has 0 aliphatic carbocycles. The number of hydrogen-bond acceptors (Lipinski definition) is 3. The molecule has 0 amide bonds. The van der Waals surface area contributed by atoms with E-state index in [2.05, 4.69) is 34.5 Å². The van der Waals surface area contributed by atoms with Crippen molar-refractivity contribution < 1.29 is 0 Å². The summed E-state index contributed by atoms with van der Waals surface area (Å²) < 4.78 is 0. The number of hydrogen-bond donors (Lipinski definition) is 3. The first-order chi connectivity index (χ1) is 8.20. The van der Waals surface area contributed by atoms with Crippen LogP contribution >= 0.6 is 0 Å². The number of benzene rings is 1. The summed E-state index contributed by atoms with van der Waals surface area (Å²) in [6, 6.07) is 8.39. The lowest BCUT2D eigenvalue weighted by atomic mass is 10.2. The first-order valence-electron chi connectivity index (χ1n) is 5.82. The first kappa shape index (κ1) is 11.6. The number of nitrogens with two attached hydrogens (primary N) is 1. The van der Waals surface area contributed by atoms with Gasteiger partial charge in [0.2, 0.25) is 0 Å². The molecule has 4 N–H and O–H groups in total. The van der Waals surface area contributed by atoms with Crippen molar-refractivity contribution in [2.24, 2.45) is 5.73 Å². The minimum Gasteiger partial charge on any atom is -0.388 e. The van der Waals surface area contributed by atoms with Crippen LogP contribution in [0.2, 0.25) is 0 Å². The van der Waals surface area contributed by atoms with Gasteiger partial charge in [-0.15, -0.1) is 0 Å². The lowest BCUT2D eigenvalue weighted by Crippen LogP contribution is -2.50. The molecule has 5 nitrogen and oxygen atoms in total. The van der Waals surface area contributed by atoms with Crippen molar-refractivity contribution in [1.82, 2.24) is 4.90 Å². The molecule has 2 rings (SSSR count). The lowest BCUT2D eigenvalue weighted by molar-refractivity contribution is 0.380. The standard InChI is InChI=1S/C12H19N5/c1-15-10-2-4-11(5-3-10)16-6-8-17(9-7-16)12(13)14/h2-5,15H,6-9H2,1H3,(H3,13,14). The van der Waals surface area contributed by atoms with Gasteiger partial charge in [-0.1, -0.05) is 0 Å². The van der Waals surface area contributed by atoms with Gasteiger partial charge in [0.05, 0.1) is 0 Å². The zero-order valence-electron chi connectivity index (χ0n) is 10.1. The van der Waals surface area contributed by atoms with E-state index < -0.39 is 0 Å². The molecule has 17 heavy (non-hydrogen) atoms. The second-order valence-electron chi connectivity index (χ2n) is 4.16. The highest BCUT2D eigenvalue weighted by atomic mass is 15.3. The zero-order chi connectivity index (χ0) is 12.3. The number of guanidine groups is 1. The molecule has 5 heteroatoms. The molecule has 0 radical (unpaired) electrons. The van der Waals surface area contributed by atoms with E-state index in [1.165, 1.54) is 5.69 Å². The smallest absolute Gasteiger partial charge is 0.188 e. The third-order valence-corrected chi connectivity index (χ3v) is 3.14. The Labute approximate surface area is 102 Å². The number of rotatable bonds is 2. The third kappa shape index (κ3) is 2.61. The molecule has 1 heterocycles. The molecule has 0 atom stereocenters. The van der Waals surface area contributed by atoms with Crippen LogP contribution in [0.4, 0.5) is 11.4 Å². The van der Waals surface area contributed by atoms with Crippen LogP contribution < -0.4 is 16.0 Å². The molecule has 0 saturated carbocycles. The first-order valence-corrected chi connectivity index (χ1v) is 5.82. The van der Waals surface area contributed by atoms with Gasteiger partial charge in [0.15, 0.2) is 5.96 Å². The molecule has 1 aliphatic rings. The Morgan fingerprint density at radius 3 is 2.24 bits per heavy atom. The maximum atomic E-state index is 7.39. The van der Waals surface area contributed by atoms with Gasteiger partial charge in [0.1, 0.15) is 0 Å². The van der Waals surface area contributed by atoms with Crippen LogP contribution in [0.5, 0.6) is 0 Å². The van der Waals surface area contributed by atoms with E-state index in [9.17, 15) is 0 Å². The quantitative estimate of drug-likeness (QED) is 0.521. The summed E-state index contributed by atoms with van der Waals surface area (Å²) in [7, 11) is 1.92. The highest BCUT2D eigenvalue weighted by Crippen LogP contribution is 2.18. The van der Waals surface area contributed by atoms with Gasteiger partial charge in [0.25, 0.3) is 0 Å². The van der Waals surface area contributed by atoms with Crippen molar-refractivity contribution in [3.63, 3.8) is 0 Å². The molecular formula is C12H19N5. The Kier molecular flexibility index (Phi) is 3.37. The fourth-order valence-electron chi connectivity index (χ4n) is 2.04. The van der Waals surface area contributed by atoms with Crippen LogP contribution in [0.3, 0.4) is 0 Å². The van der Waals surface area contributed by atoms with Crippen LogP contribution in [0.25, 0.3) is 0 Å². The molecule has 0 aromatic heterocycles. The highest BCUT2D eigenvalue weighted by molar-refractivity contribution is 5.75. The molecule has 1 aromatic carbocycles. The van der Waals surface area contributed by atoms with E-state index in [4.69, 9.17) is 11.1 Å². The van der Waals surface area contributed by atoms with Crippen molar-refractivity contribution in [1.29, 1.82) is 5.41 Å². The molecule has 92 valence electrons. The maximum Gasteiger partial charge on any atom is 0.188 e. The van der Waals surface area contributed by atoms with Crippen molar-refractivity contribution >= 4 is 17.3 Å². The second kappa shape index (κ2) is 4.95. The van der Waals surface area contributed by atoms with Gasteiger partial charge in [-0.3, -0.25) is 5.41 Å². The van der Waals surface area contributed by atoms with Gasteiger partial charge in [0, 0.05) is 44.6 Å². The van der Waals surface area contributed by atoms with Crippen molar-refractivity contribution in [3.8, 4) is 0 Å². The molecule has 1 aromatic rings. The Bertz CT molecular complexity index is 378. The van der Waals surface area contributed by atoms with Gasteiger partial charge < -0.3 is 20.9 Å². The van der Waals surface area contributed by atoms with Crippen LogP contribution in [0.15, 0.2) is 24.3 Å². The van der Waals surface area contributed by atoms with E-state index in [0.29, 0.717) is 0 Å². The number of nitrogens with one attached hydrogen (secondary N) is 2. The van der Waals surface area contributed by atoms with E-state index in [1.807, 2.05) is 11.9 Å². The molecule has 1 aliphatic heterocycles. The summed E-state index contributed by atoms with van der Waals surface area (Å²) in [6.45, 7) is 3.48. The Balaban J connectivity index is 1.97. The van der Waals surface area contributed by atoms with Gasteiger partial charge in [-0.05, 0) is 24.3 Å². The number of piperazine rings is 1. The van der Waals surface area contributed by atoms with Crippen LogP contribution in [0.1, 0.15) is 0 Å². The third-order valence-electron chi connectivity index (χ3n) is 3.14. The van der Waals surface area contributed by atoms with E-state index >= 15 is 0 Å². The Morgan fingerprint density at radius 1 is 1.18 bits per heavy atom. The summed E-state index contributed by atoms with van der Waals surface area (Å²) in [5, 5.41) is 10.5. The Hall–Kier alpha value is -1.91. The molecule has 0 spiro atoms. The maximum absolute atomic E-state index is 7.39. The molecule has 1 saturated heterocycles. The summed E-state index contributed by atoms with van der Waals surface area (Å²) in [5.74, 6) is 0.176.